The molecule has 1 atom stereocenters. The Balaban J connectivity index is 0.00000242. The van der Waals surface area contributed by atoms with Crippen LogP contribution in [0.2, 0.25) is 0 Å². The minimum absolute atomic E-state index is 0. The normalized spacial score (nSPS) is 17.9. The molecule has 2 N–H and O–H groups in total. The highest BCUT2D eigenvalue weighted by molar-refractivity contribution is 5.85. The lowest BCUT2D eigenvalue weighted by Crippen LogP contribution is -2.48. The highest BCUT2D eigenvalue weighted by Gasteiger charge is 2.18. The molecule has 1 fully saturated rings. The van der Waals surface area contributed by atoms with Crippen LogP contribution in [0.4, 0.5) is 0 Å². The van der Waals surface area contributed by atoms with Crippen LogP contribution in [0.1, 0.15) is 44.2 Å². The predicted octanol–water partition coefficient (Wildman–Crippen LogP) is 3.31. The standard InChI is InChI=1S/C18H31N3.ClH/c1-2-3-4-8-11-20-12-14-21(15-13-20)16-18(19)17-9-6-5-7-10-17;/h5-7,9-10,18H,2-4,8,11-16,19H2,1H3;1H. The molecule has 0 bridgehead atoms. The first-order valence-electron chi connectivity index (χ1n) is 8.55. The summed E-state index contributed by atoms with van der Waals surface area (Å²) in [7, 11) is 0. The largest absolute Gasteiger partial charge is 0.323 e. The fourth-order valence-electron chi connectivity index (χ4n) is 3.04. The molecule has 1 aliphatic rings. The van der Waals surface area contributed by atoms with Crippen LogP contribution in [0.3, 0.4) is 0 Å². The first-order valence-corrected chi connectivity index (χ1v) is 8.55. The fraction of sp³-hybridized carbons (Fsp3) is 0.667. The first-order chi connectivity index (χ1) is 10.3. The van der Waals surface area contributed by atoms with Gasteiger partial charge in [-0.05, 0) is 18.5 Å². The van der Waals surface area contributed by atoms with Gasteiger partial charge in [0.15, 0.2) is 0 Å². The van der Waals surface area contributed by atoms with Crippen molar-refractivity contribution in [3.05, 3.63) is 35.9 Å². The summed E-state index contributed by atoms with van der Waals surface area (Å²) >= 11 is 0. The molecule has 1 unspecified atom stereocenters. The fourth-order valence-corrected chi connectivity index (χ4v) is 3.04. The van der Waals surface area contributed by atoms with Crippen molar-refractivity contribution in [3.63, 3.8) is 0 Å². The maximum absolute atomic E-state index is 6.32. The number of hydrogen-bond acceptors (Lipinski definition) is 3. The average molecular weight is 326 g/mol. The maximum atomic E-state index is 6.32. The van der Waals surface area contributed by atoms with E-state index < -0.39 is 0 Å². The molecule has 1 aliphatic heterocycles. The second-order valence-corrected chi connectivity index (χ2v) is 6.22. The van der Waals surface area contributed by atoms with E-state index in [-0.39, 0.29) is 18.4 Å². The molecule has 0 radical (unpaired) electrons. The van der Waals surface area contributed by atoms with E-state index in [1.165, 1.54) is 50.9 Å². The third-order valence-corrected chi connectivity index (χ3v) is 4.48. The molecule has 2 rings (SSSR count). The lowest BCUT2D eigenvalue weighted by molar-refractivity contribution is 0.125. The van der Waals surface area contributed by atoms with E-state index in [0.717, 1.165) is 19.6 Å². The number of halogens is 1. The Morgan fingerprint density at radius 2 is 1.59 bits per heavy atom. The molecule has 1 aromatic rings. The second kappa shape index (κ2) is 11.0. The zero-order valence-electron chi connectivity index (χ0n) is 13.9. The van der Waals surface area contributed by atoms with Crippen LogP contribution in [0.5, 0.6) is 0 Å². The topological polar surface area (TPSA) is 32.5 Å². The van der Waals surface area contributed by atoms with Crippen LogP contribution in [-0.2, 0) is 0 Å². The van der Waals surface area contributed by atoms with Crippen LogP contribution < -0.4 is 5.73 Å². The van der Waals surface area contributed by atoms with Crippen molar-refractivity contribution in [3.8, 4) is 0 Å². The molecule has 4 heteroatoms. The van der Waals surface area contributed by atoms with E-state index in [0.29, 0.717) is 0 Å². The molecule has 1 aromatic carbocycles. The van der Waals surface area contributed by atoms with Crippen molar-refractivity contribution in [1.29, 1.82) is 0 Å². The van der Waals surface area contributed by atoms with Crippen molar-refractivity contribution in [2.45, 2.75) is 38.6 Å². The third kappa shape index (κ3) is 6.66. The van der Waals surface area contributed by atoms with Gasteiger partial charge in [-0.3, -0.25) is 4.90 Å². The monoisotopic (exact) mass is 325 g/mol. The minimum Gasteiger partial charge on any atom is -0.323 e. The van der Waals surface area contributed by atoms with Gasteiger partial charge in [0, 0.05) is 38.8 Å². The molecule has 22 heavy (non-hydrogen) atoms. The summed E-state index contributed by atoms with van der Waals surface area (Å²) in [5.74, 6) is 0. The smallest absolute Gasteiger partial charge is 0.0424 e. The predicted molar refractivity (Wildman–Crippen MR) is 97.6 cm³/mol. The molecule has 0 aromatic heterocycles. The molecule has 0 saturated carbocycles. The Morgan fingerprint density at radius 1 is 0.955 bits per heavy atom. The Kier molecular flexibility index (Phi) is 9.73. The maximum Gasteiger partial charge on any atom is 0.0424 e. The lowest BCUT2D eigenvalue weighted by Gasteiger charge is -2.36. The Morgan fingerprint density at radius 3 is 2.23 bits per heavy atom. The molecular formula is C18H32ClN3. The third-order valence-electron chi connectivity index (χ3n) is 4.48. The van der Waals surface area contributed by atoms with Crippen molar-refractivity contribution in [2.24, 2.45) is 5.73 Å². The zero-order chi connectivity index (χ0) is 14.9. The van der Waals surface area contributed by atoms with Crippen molar-refractivity contribution < 1.29 is 0 Å². The molecule has 126 valence electrons. The van der Waals surface area contributed by atoms with Crippen molar-refractivity contribution >= 4 is 12.4 Å². The highest BCUT2D eigenvalue weighted by Crippen LogP contribution is 2.13. The number of rotatable bonds is 8. The van der Waals surface area contributed by atoms with Gasteiger partial charge in [0.2, 0.25) is 0 Å². The quantitative estimate of drug-likeness (QED) is 0.744. The van der Waals surface area contributed by atoms with Gasteiger partial charge in [0.1, 0.15) is 0 Å². The van der Waals surface area contributed by atoms with Gasteiger partial charge >= 0.3 is 0 Å². The highest BCUT2D eigenvalue weighted by atomic mass is 35.5. The van der Waals surface area contributed by atoms with Gasteiger partial charge in [-0.15, -0.1) is 12.4 Å². The summed E-state index contributed by atoms with van der Waals surface area (Å²) in [5.41, 5.74) is 7.57. The second-order valence-electron chi connectivity index (χ2n) is 6.22. The van der Waals surface area contributed by atoms with Gasteiger partial charge in [0.25, 0.3) is 0 Å². The number of benzene rings is 1. The van der Waals surface area contributed by atoms with E-state index in [1.807, 2.05) is 6.07 Å². The van der Waals surface area contributed by atoms with E-state index >= 15 is 0 Å². The van der Waals surface area contributed by atoms with Gasteiger partial charge in [-0.2, -0.15) is 0 Å². The number of unbranched alkanes of at least 4 members (excludes halogenated alkanes) is 3. The number of nitrogens with two attached hydrogens (primary N) is 1. The van der Waals surface area contributed by atoms with Gasteiger partial charge < -0.3 is 10.6 Å². The SMILES string of the molecule is CCCCCCN1CCN(CC(N)c2ccccc2)CC1.Cl. The first kappa shape index (κ1) is 19.4. The molecular weight excluding hydrogens is 294 g/mol. The summed E-state index contributed by atoms with van der Waals surface area (Å²) in [5, 5.41) is 0. The van der Waals surface area contributed by atoms with Gasteiger partial charge in [-0.25, -0.2) is 0 Å². The molecule has 3 nitrogen and oxygen atoms in total. The minimum atomic E-state index is 0. The number of hydrogen-bond donors (Lipinski definition) is 1. The van der Waals surface area contributed by atoms with E-state index in [2.05, 4.69) is 41.0 Å². The number of piperazine rings is 1. The van der Waals surface area contributed by atoms with E-state index in [1.54, 1.807) is 0 Å². The summed E-state index contributed by atoms with van der Waals surface area (Å²) in [6, 6.07) is 10.6. The van der Waals surface area contributed by atoms with Gasteiger partial charge in [-0.1, -0.05) is 56.5 Å². The summed E-state index contributed by atoms with van der Waals surface area (Å²) in [6.45, 7) is 9.25. The molecule has 0 spiro atoms. The van der Waals surface area contributed by atoms with Crippen LogP contribution in [-0.4, -0.2) is 49.1 Å². The van der Waals surface area contributed by atoms with Crippen LogP contribution in [0.15, 0.2) is 30.3 Å². The molecule has 1 heterocycles. The molecule has 0 amide bonds. The van der Waals surface area contributed by atoms with Gasteiger partial charge in [0.05, 0.1) is 0 Å². The Hall–Kier alpha value is -0.610. The van der Waals surface area contributed by atoms with Crippen molar-refractivity contribution in [2.75, 3.05) is 39.3 Å². The summed E-state index contributed by atoms with van der Waals surface area (Å²) in [6.07, 6.45) is 5.45. The molecule has 1 saturated heterocycles. The number of nitrogens with zero attached hydrogens (tertiary/aromatic N) is 2. The van der Waals surface area contributed by atoms with E-state index in [4.69, 9.17) is 5.73 Å². The summed E-state index contributed by atoms with van der Waals surface area (Å²) < 4.78 is 0. The van der Waals surface area contributed by atoms with Crippen molar-refractivity contribution in [1.82, 2.24) is 9.80 Å². The summed E-state index contributed by atoms with van der Waals surface area (Å²) in [4.78, 5) is 5.13. The Labute approximate surface area is 142 Å². The van der Waals surface area contributed by atoms with Crippen LogP contribution >= 0.6 is 12.4 Å². The van der Waals surface area contributed by atoms with Crippen LogP contribution in [0.25, 0.3) is 0 Å². The zero-order valence-corrected chi connectivity index (χ0v) is 14.7. The Bertz CT molecular complexity index is 377. The lowest BCUT2D eigenvalue weighted by atomic mass is 10.1. The van der Waals surface area contributed by atoms with E-state index in [9.17, 15) is 0 Å². The average Bonchev–Trinajstić information content (AvgIpc) is 2.54. The van der Waals surface area contributed by atoms with Crippen LogP contribution in [0, 0.1) is 0 Å². The molecule has 0 aliphatic carbocycles.